The van der Waals surface area contributed by atoms with Gasteiger partial charge in [-0.3, -0.25) is 4.79 Å². The average Bonchev–Trinajstić information content (AvgIpc) is 2.77. The molecule has 2 rings (SSSR count). The van der Waals surface area contributed by atoms with Gasteiger partial charge in [-0.1, -0.05) is 20.8 Å². The third-order valence-corrected chi connectivity index (χ3v) is 4.34. The second kappa shape index (κ2) is 2.12. The lowest BCUT2D eigenvalue weighted by atomic mass is 9.62. The molecule has 1 unspecified atom stereocenters. The normalized spacial score (nSPS) is 36.9. The summed E-state index contributed by atoms with van der Waals surface area (Å²) in [4.78, 5) is 11.7. The van der Waals surface area contributed by atoms with Crippen LogP contribution in [0.4, 0.5) is 0 Å². The van der Waals surface area contributed by atoms with E-state index >= 15 is 0 Å². The first-order chi connectivity index (χ1) is 5.49. The third kappa shape index (κ3) is 0.884. The lowest BCUT2D eigenvalue weighted by Crippen LogP contribution is -2.40. The van der Waals surface area contributed by atoms with Crippen LogP contribution >= 0.6 is 0 Å². The maximum atomic E-state index is 11.7. The Labute approximate surface area is 74.5 Å². The molecule has 0 amide bonds. The molecule has 12 heavy (non-hydrogen) atoms. The molecule has 0 aromatic rings. The van der Waals surface area contributed by atoms with Crippen LogP contribution in [0.3, 0.4) is 0 Å². The van der Waals surface area contributed by atoms with E-state index in [9.17, 15) is 4.79 Å². The van der Waals surface area contributed by atoms with Gasteiger partial charge in [0, 0.05) is 11.8 Å². The van der Waals surface area contributed by atoms with Crippen molar-refractivity contribution in [2.45, 2.75) is 46.5 Å². The number of carbonyl (C=O) groups excluding carboxylic acids is 1. The molecule has 0 aromatic carbocycles. The summed E-state index contributed by atoms with van der Waals surface area (Å²) < 4.78 is 0. The quantitative estimate of drug-likeness (QED) is 0.541. The largest absolute Gasteiger partial charge is 0.299 e. The molecule has 0 aromatic heterocycles. The van der Waals surface area contributed by atoms with Crippen molar-refractivity contribution in [3.05, 3.63) is 0 Å². The highest BCUT2D eigenvalue weighted by atomic mass is 16.1. The summed E-state index contributed by atoms with van der Waals surface area (Å²) in [7, 11) is 0. The molecule has 1 atom stereocenters. The van der Waals surface area contributed by atoms with Crippen LogP contribution in [0.15, 0.2) is 0 Å². The Hall–Kier alpha value is -0.330. The minimum atomic E-state index is 0.141. The first-order valence-corrected chi connectivity index (χ1v) is 5.02. The monoisotopic (exact) mass is 166 g/mol. The van der Waals surface area contributed by atoms with E-state index < -0.39 is 0 Å². The van der Waals surface area contributed by atoms with Gasteiger partial charge in [0.2, 0.25) is 0 Å². The predicted molar refractivity (Wildman–Crippen MR) is 48.9 cm³/mol. The zero-order valence-corrected chi connectivity index (χ0v) is 8.31. The Balaban J connectivity index is 2.27. The van der Waals surface area contributed by atoms with Crippen molar-refractivity contribution >= 4 is 5.78 Å². The van der Waals surface area contributed by atoms with Crippen LogP contribution in [0.25, 0.3) is 0 Å². The Kier molecular flexibility index (Phi) is 1.47. The van der Waals surface area contributed by atoms with Crippen LogP contribution in [-0.4, -0.2) is 5.78 Å². The number of ketones is 1. The van der Waals surface area contributed by atoms with Crippen LogP contribution in [-0.2, 0) is 4.79 Å². The number of hydrogen-bond acceptors (Lipinski definition) is 1. The molecule has 2 aliphatic carbocycles. The zero-order chi connectivity index (χ0) is 8.98. The van der Waals surface area contributed by atoms with E-state index in [0.717, 1.165) is 25.7 Å². The Morgan fingerprint density at radius 2 is 1.83 bits per heavy atom. The molecular formula is C11H18O. The van der Waals surface area contributed by atoms with Gasteiger partial charge >= 0.3 is 0 Å². The van der Waals surface area contributed by atoms with Gasteiger partial charge < -0.3 is 0 Å². The van der Waals surface area contributed by atoms with Crippen molar-refractivity contribution in [3.63, 3.8) is 0 Å². The van der Waals surface area contributed by atoms with Crippen molar-refractivity contribution in [1.29, 1.82) is 0 Å². The van der Waals surface area contributed by atoms with Gasteiger partial charge in [0.05, 0.1) is 0 Å². The van der Waals surface area contributed by atoms with Crippen LogP contribution in [0.1, 0.15) is 46.5 Å². The molecule has 1 heteroatoms. The third-order valence-electron chi connectivity index (χ3n) is 4.34. The van der Waals surface area contributed by atoms with Crippen molar-refractivity contribution < 1.29 is 4.79 Å². The molecule has 2 saturated carbocycles. The molecule has 0 heterocycles. The maximum Gasteiger partial charge on any atom is 0.139 e. The molecule has 1 spiro atoms. The second-order valence-corrected chi connectivity index (χ2v) is 5.29. The number of rotatable bonds is 0. The van der Waals surface area contributed by atoms with Crippen molar-refractivity contribution in [1.82, 2.24) is 0 Å². The van der Waals surface area contributed by atoms with Crippen LogP contribution in [0.5, 0.6) is 0 Å². The van der Waals surface area contributed by atoms with E-state index in [0.29, 0.717) is 17.1 Å². The second-order valence-electron chi connectivity index (χ2n) is 5.29. The average molecular weight is 166 g/mol. The van der Waals surface area contributed by atoms with Gasteiger partial charge in [-0.05, 0) is 30.6 Å². The standard InChI is InChI=1S/C11H18O/c1-8-10(2,3)5-4-9(12)11(8)6-7-11/h8H,4-7H2,1-3H3. The van der Waals surface area contributed by atoms with Crippen molar-refractivity contribution in [2.24, 2.45) is 16.7 Å². The fourth-order valence-electron chi connectivity index (χ4n) is 2.74. The smallest absolute Gasteiger partial charge is 0.139 e. The van der Waals surface area contributed by atoms with E-state index in [1.807, 2.05) is 0 Å². The summed E-state index contributed by atoms with van der Waals surface area (Å²) in [6.07, 6.45) is 4.25. The van der Waals surface area contributed by atoms with Gasteiger partial charge in [-0.15, -0.1) is 0 Å². The van der Waals surface area contributed by atoms with Crippen molar-refractivity contribution in [2.75, 3.05) is 0 Å². The molecule has 0 aliphatic heterocycles. The fraction of sp³-hybridized carbons (Fsp3) is 0.909. The zero-order valence-electron chi connectivity index (χ0n) is 8.31. The summed E-state index contributed by atoms with van der Waals surface area (Å²) >= 11 is 0. The summed E-state index contributed by atoms with van der Waals surface area (Å²) in [5, 5.41) is 0. The molecule has 0 radical (unpaired) electrons. The van der Waals surface area contributed by atoms with Gasteiger partial charge in [0.25, 0.3) is 0 Å². The fourth-order valence-corrected chi connectivity index (χ4v) is 2.74. The Morgan fingerprint density at radius 1 is 1.25 bits per heavy atom. The van der Waals surface area contributed by atoms with Crippen LogP contribution in [0, 0.1) is 16.7 Å². The lowest BCUT2D eigenvalue weighted by molar-refractivity contribution is -0.132. The summed E-state index contributed by atoms with van der Waals surface area (Å²) in [5.41, 5.74) is 0.534. The molecule has 2 fully saturated rings. The van der Waals surface area contributed by atoms with E-state index in [-0.39, 0.29) is 5.41 Å². The summed E-state index contributed by atoms with van der Waals surface area (Å²) in [6.45, 7) is 6.89. The number of carbonyl (C=O) groups is 1. The van der Waals surface area contributed by atoms with Crippen LogP contribution < -0.4 is 0 Å². The first kappa shape index (κ1) is 8.28. The molecule has 68 valence electrons. The maximum absolute atomic E-state index is 11.7. The Morgan fingerprint density at radius 3 is 2.25 bits per heavy atom. The number of Topliss-reactive ketones (excluding diaryl/α,β-unsaturated/α-hetero) is 1. The topological polar surface area (TPSA) is 17.1 Å². The minimum Gasteiger partial charge on any atom is -0.299 e. The molecule has 0 saturated heterocycles. The van der Waals surface area contributed by atoms with E-state index in [2.05, 4.69) is 20.8 Å². The Bertz CT molecular complexity index is 223. The summed E-state index contributed by atoms with van der Waals surface area (Å²) in [5.74, 6) is 1.15. The first-order valence-electron chi connectivity index (χ1n) is 5.02. The molecular weight excluding hydrogens is 148 g/mol. The summed E-state index contributed by atoms with van der Waals surface area (Å²) in [6, 6.07) is 0. The number of hydrogen-bond donors (Lipinski definition) is 0. The van der Waals surface area contributed by atoms with E-state index in [4.69, 9.17) is 0 Å². The minimum absolute atomic E-state index is 0.141. The van der Waals surface area contributed by atoms with E-state index in [1.54, 1.807) is 0 Å². The van der Waals surface area contributed by atoms with Gasteiger partial charge in [-0.25, -0.2) is 0 Å². The van der Waals surface area contributed by atoms with Gasteiger partial charge in [0.15, 0.2) is 0 Å². The highest BCUT2D eigenvalue weighted by Gasteiger charge is 2.59. The molecule has 2 aliphatic rings. The lowest BCUT2D eigenvalue weighted by Gasteiger charge is -2.41. The predicted octanol–water partition coefficient (Wildman–Crippen LogP) is 2.79. The molecule has 0 N–H and O–H groups in total. The highest BCUT2D eigenvalue weighted by molar-refractivity contribution is 5.88. The molecule has 0 bridgehead atoms. The highest BCUT2D eigenvalue weighted by Crippen LogP contribution is 2.62. The van der Waals surface area contributed by atoms with Gasteiger partial charge in [-0.2, -0.15) is 0 Å². The van der Waals surface area contributed by atoms with Crippen molar-refractivity contribution in [3.8, 4) is 0 Å². The van der Waals surface area contributed by atoms with E-state index in [1.165, 1.54) is 0 Å². The molecule has 1 nitrogen and oxygen atoms in total. The van der Waals surface area contributed by atoms with Gasteiger partial charge in [0.1, 0.15) is 5.78 Å². The van der Waals surface area contributed by atoms with Crippen LogP contribution in [0.2, 0.25) is 0 Å². The SMILES string of the molecule is CC1C(C)(C)CCC(=O)C12CC2.